The third-order valence-corrected chi connectivity index (χ3v) is 8.92. The van der Waals surface area contributed by atoms with Gasteiger partial charge in [0.05, 0.1) is 0 Å². The lowest BCUT2D eigenvalue weighted by molar-refractivity contribution is -0.139. The van der Waals surface area contributed by atoms with Crippen molar-refractivity contribution in [2.75, 3.05) is 6.61 Å². The van der Waals surface area contributed by atoms with Crippen molar-refractivity contribution in [3.8, 4) is 0 Å². The van der Waals surface area contributed by atoms with Crippen LogP contribution in [0, 0.1) is 0 Å². The van der Waals surface area contributed by atoms with Crippen molar-refractivity contribution in [2.45, 2.75) is 64.5 Å². The Morgan fingerprint density at radius 3 is 2.25 bits per heavy atom. The molecule has 0 aliphatic carbocycles. The Morgan fingerprint density at radius 2 is 1.75 bits per heavy atom. The van der Waals surface area contributed by atoms with Crippen molar-refractivity contribution in [3.05, 3.63) is 32.6 Å². The van der Waals surface area contributed by atoms with Crippen LogP contribution in [-0.2, 0) is 17.1 Å². The van der Waals surface area contributed by atoms with Gasteiger partial charge in [-0.1, -0.05) is 20.8 Å². The molecule has 0 aromatic carbocycles. The van der Waals surface area contributed by atoms with Gasteiger partial charge in [-0.15, -0.1) is 0 Å². The van der Waals surface area contributed by atoms with Crippen molar-refractivity contribution in [1.82, 2.24) is 9.55 Å². The molecule has 0 aliphatic heterocycles. The van der Waals surface area contributed by atoms with Crippen LogP contribution in [0.4, 0.5) is 13.2 Å². The molecule has 5 nitrogen and oxygen atoms in total. The second-order valence-electron chi connectivity index (χ2n) is 7.31. The molecule has 0 radical (unpaired) electrons. The van der Waals surface area contributed by atoms with Gasteiger partial charge >= 0.3 is 11.9 Å². The van der Waals surface area contributed by atoms with Crippen LogP contribution in [-0.4, -0.2) is 24.5 Å². The fourth-order valence-electron chi connectivity index (χ4n) is 1.81. The average molecular weight is 366 g/mol. The molecule has 1 heterocycles. The maximum atomic E-state index is 12.7. The highest BCUT2D eigenvalue weighted by Crippen LogP contribution is 2.36. The Hall–Kier alpha value is -1.35. The monoisotopic (exact) mass is 366 g/mol. The minimum atomic E-state index is -4.78. The number of hydrogen-bond acceptors (Lipinski definition) is 3. The molecule has 0 spiro atoms. The summed E-state index contributed by atoms with van der Waals surface area (Å²) in [5, 5.41) is 0.0878. The maximum Gasteiger partial charge on any atom is 0.423 e. The summed E-state index contributed by atoms with van der Waals surface area (Å²) in [6, 6.07) is 0. The van der Waals surface area contributed by atoms with Gasteiger partial charge in [-0.2, -0.15) is 13.2 Å². The number of nitrogens with one attached hydrogen (secondary N) is 1. The predicted octanol–water partition coefficient (Wildman–Crippen LogP) is 3.36. The fraction of sp³-hybridized carbons (Fsp3) is 0.733. The number of rotatable bonds is 6. The van der Waals surface area contributed by atoms with Crippen LogP contribution in [0.1, 0.15) is 39.2 Å². The van der Waals surface area contributed by atoms with E-state index in [1.165, 1.54) is 0 Å². The molecule has 0 amide bonds. The number of unbranched alkanes of at least 4 members (excludes halogenated alkanes) is 1. The first-order chi connectivity index (χ1) is 10.8. The number of hydrogen-bond donors (Lipinski definition) is 1. The van der Waals surface area contributed by atoms with Crippen LogP contribution in [0.3, 0.4) is 0 Å². The number of aromatic nitrogens is 2. The van der Waals surface area contributed by atoms with E-state index in [4.69, 9.17) is 4.43 Å². The highest BCUT2D eigenvalue weighted by atomic mass is 28.4. The van der Waals surface area contributed by atoms with Crippen LogP contribution in [0.2, 0.25) is 18.1 Å². The van der Waals surface area contributed by atoms with Crippen molar-refractivity contribution < 1.29 is 17.6 Å². The summed E-state index contributed by atoms with van der Waals surface area (Å²) >= 11 is 0. The zero-order valence-corrected chi connectivity index (χ0v) is 15.7. The Balaban J connectivity index is 2.64. The zero-order chi connectivity index (χ0) is 18.8. The molecule has 1 N–H and O–H groups in total. The van der Waals surface area contributed by atoms with Crippen LogP contribution in [0.5, 0.6) is 0 Å². The van der Waals surface area contributed by atoms with E-state index in [1.807, 2.05) is 0 Å². The Bertz CT molecular complexity index is 672. The lowest BCUT2D eigenvalue weighted by atomic mass is 10.2. The second kappa shape index (κ2) is 7.26. The van der Waals surface area contributed by atoms with Crippen molar-refractivity contribution in [2.24, 2.45) is 0 Å². The number of halogens is 3. The van der Waals surface area contributed by atoms with E-state index in [0.29, 0.717) is 25.6 Å². The summed E-state index contributed by atoms with van der Waals surface area (Å²) in [6.07, 6.45) is -3.10. The average Bonchev–Trinajstić information content (AvgIpc) is 2.37. The maximum absolute atomic E-state index is 12.7. The lowest BCUT2D eigenvalue weighted by Crippen LogP contribution is -2.41. The van der Waals surface area contributed by atoms with E-state index in [0.717, 1.165) is 4.57 Å². The van der Waals surface area contributed by atoms with Gasteiger partial charge < -0.3 is 4.43 Å². The van der Waals surface area contributed by atoms with Gasteiger partial charge in [0, 0.05) is 19.3 Å². The number of H-pyrrole nitrogens is 1. The largest absolute Gasteiger partial charge is 0.423 e. The third kappa shape index (κ3) is 5.34. The molecule has 1 rings (SSSR count). The Labute approximate surface area is 140 Å². The normalized spacial score (nSPS) is 13.3. The Morgan fingerprint density at radius 1 is 1.17 bits per heavy atom. The summed E-state index contributed by atoms with van der Waals surface area (Å²) in [7, 11) is -1.85. The molecule has 0 fully saturated rings. The zero-order valence-electron chi connectivity index (χ0n) is 14.7. The molecular weight excluding hydrogens is 341 g/mol. The number of nitrogens with zero attached hydrogens (tertiary/aromatic N) is 1. The molecule has 138 valence electrons. The van der Waals surface area contributed by atoms with E-state index in [2.05, 4.69) is 33.9 Å². The quantitative estimate of drug-likeness (QED) is 0.620. The van der Waals surface area contributed by atoms with E-state index in [9.17, 15) is 22.8 Å². The summed E-state index contributed by atoms with van der Waals surface area (Å²) in [6.45, 7) is 11.2. The highest BCUT2D eigenvalue weighted by Gasteiger charge is 2.37. The van der Waals surface area contributed by atoms with Gasteiger partial charge in [0.1, 0.15) is 5.56 Å². The van der Waals surface area contributed by atoms with Crippen molar-refractivity contribution >= 4 is 8.32 Å². The molecule has 9 heteroatoms. The SMILES string of the molecule is CC(C)(C)[Si](C)(C)OCCCCn1cc(C(F)(F)F)c(=O)[nH]c1=O. The summed E-state index contributed by atoms with van der Waals surface area (Å²) in [5.41, 5.74) is -3.61. The summed E-state index contributed by atoms with van der Waals surface area (Å²) in [5.74, 6) is 0. The number of aryl methyl sites for hydroxylation is 1. The molecule has 0 saturated heterocycles. The van der Waals surface area contributed by atoms with Gasteiger partial charge in [0.25, 0.3) is 5.56 Å². The first-order valence-corrected chi connectivity index (χ1v) is 10.7. The topological polar surface area (TPSA) is 64.1 Å². The van der Waals surface area contributed by atoms with E-state index >= 15 is 0 Å². The molecular formula is C15H25F3N2O3Si. The molecule has 1 aromatic heterocycles. The molecule has 0 atom stereocenters. The Kier molecular flexibility index (Phi) is 6.26. The fourth-order valence-corrected chi connectivity index (χ4v) is 2.89. The standard InChI is InChI=1S/C15H25F3N2O3Si/c1-14(2,3)24(4,5)23-9-7-6-8-20-10-11(15(16,17)18)12(21)19-13(20)22/h10H,6-9H2,1-5H3,(H,19,21,22). The molecule has 0 unspecified atom stereocenters. The van der Waals surface area contributed by atoms with E-state index in [-0.39, 0.29) is 11.6 Å². The lowest BCUT2D eigenvalue weighted by Gasteiger charge is -2.36. The van der Waals surface area contributed by atoms with Crippen LogP contribution in [0.15, 0.2) is 15.8 Å². The van der Waals surface area contributed by atoms with Gasteiger partial charge in [-0.25, -0.2) is 4.79 Å². The molecule has 1 aromatic rings. The molecule has 0 bridgehead atoms. The smallest absolute Gasteiger partial charge is 0.417 e. The molecule has 0 aliphatic rings. The first-order valence-electron chi connectivity index (χ1n) is 7.80. The third-order valence-electron chi connectivity index (χ3n) is 4.38. The van der Waals surface area contributed by atoms with Crippen molar-refractivity contribution in [1.29, 1.82) is 0 Å². The minimum absolute atomic E-state index is 0.0878. The second-order valence-corrected chi connectivity index (χ2v) is 12.1. The summed E-state index contributed by atoms with van der Waals surface area (Å²) in [4.78, 5) is 24.5. The predicted molar refractivity (Wildman–Crippen MR) is 88.7 cm³/mol. The van der Waals surface area contributed by atoms with Crippen LogP contribution < -0.4 is 11.2 Å². The highest BCUT2D eigenvalue weighted by molar-refractivity contribution is 6.74. The van der Waals surface area contributed by atoms with E-state index < -0.39 is 31.3 Å². The van der Waals surface area contributed by atoms with Gasteiger partial charge in [0.15, 0.2) is 8.32 Å². The minimum Gasteiger partial charge on any atom is -0.417 e. The first kappa shape index (κ1) is 20.7. The van der Waals surface area contributed by atoms with E-state index in [1.54, 1.807) is 4.98 Å². The number of aromatic amines is 1. The van der Waals surface area contributed by atoms with Crippen LogP contribution in [0.25, 0.3) is 0 Å². The molecule has 0 saturated carbocycles. The number of alkyl halides is 3. The van der Waals surface area contributed by atoms with Crippen molar-refractivity contribution in [3.63, 3.8) is 0 Å². The summed E-state index contributed by atoms with van der Waals surface area (Å²) < 4.78 is 44.9. The van der Waals surface area contributed by atoms with Gasteiger partial charge in [-0.3, -0.25) is 14.3 Å². The molecule has 24 heavy (non-hydrogen) atoms. The van der Waals surface area contributed by atoms with Gasteiger partial charge in [-0.05, 0) is 31.0 Å². The van der Waals surface area contributed by atoms with Crippen LogP contribution >= 0.6 is 0 Å². The van der Waals surface area contributed by atoms with Gasteiger partial charge in [0.2, 0.25) is 0 Å².